The Morgan fingerprint density at radius 2 is 1.94 bits per heavy atom. The minimum absolute atomic E-state index is 0.0318. The van der Waals surface area contributed by atoms with Gasteiger partial charge in [-0.2, -0.15) is 0 Å². The number of hydrogen-bond acceptors (Lipinski definition) is 3. The van der Waals surface area contributed by atoms with E-state index in [0.717, 1.165) is 31.7 Å². The first-order chi connectivity index (χ1) is 8.74. The van der Waals surface area contributed by atoms with Crippen LogP contribution in [0.25, 0.3) is 0 Å². The highest BCUT2D eigenvalue weighted by atomic mass is 19.1. The molecule has 0 saturated carbocycles. The van der Waals surface area contributed by atoms with E-state index in [0.29, 0.717) is 0 Å². The van der Waals surface area contributed by atoms with Crippen LogP contribution >= 0.6 is 0 Å². The SMILES string of the molecule is CNC(c1ccccc1F)C(C)N1CCNCC1. The zero-order valence-electron chi connectivity index (χ0n) is 11.1. The monoisotopic (exact) mass is 251 g/mol. The maximum Gasteiger partial charge on any atom is 0.128 e. The number of hydrogen-bond donors (Lipinski definition) is 2. The number of nitrogens with one attached hydrogen (secondary N) is 2. The highest BCUT2D eigenvalue weighted by molar-refractivity contribution is 5.22. The normalized spacial score (nSPS) is 20.6. The van der Waals surface area contributed by atoms with Crippen LogP contribution in [0.3, 0.4) is 0 Å². The largest absolute Gasteiger partial charge is 0.314 e. The Morgan fingerprint density at radius 1 is 1.28 bits per heavy atom. The van der Waals surface area contributed by atoms with Gasteiger partial charge in [0.05, 0.1) is 6.04 Å². The minimum atomic E-state index is -0.126. The third-order valence-corrected chi connectivity index (χ3v) is 3.76. The van der Waals surface area contributed by atoms with Crippen molar-refractivity contribution in [1.29, 1.82) is 0 Å². The summed E-state index contributed by atoms with van der Waals surface area (Å²) in [6.45, 7) is 6.23. The van der Waals surface area contributed by atoms with Gasteiger partial charge >= 0.3 is 0 Å². The standard InChI is InChI=1S/C14H22FN3/c1-11(18-9-7-17-8-10-18)14(16-2)12-5-3-4-6-13(12)15/h3-6,11,14,16-17H,7-10H2,1-2H3. The zero-order valence-corrected chi connectivity index (χ0v) is 11.1. The summed E-state index contributed by atoms with van der Waals surface area (Å²) >= 11 is 0. The van der Waals surface area contributed by atoms with Gasteiger partial charge in [-0.15, -0.1) is 0 Å². The van der Waals surface area contributed by atoms with Gasteiger partial charge in [0.15, 0.2) is 0 Å². The molecule has 0 spiro atoms. The predicted octanol–water partition coefficient (Wildman–Crippen LogP) is 1.38. The molecule has 2 unspecified atom stereocenters. The Kier molecular flexibility index (Phi) is 4.69. The van der Waals surface area contributed by atoms with Crippen LogP contribution in [0, 0.1) is 5.82 Å². The summed E-state index contributed by atoms with van der Waals surface area (Å²) in [7, 11) is 1.90. The highest BCUT2D eigenvalue weighted by Gasteiger charge is 2.26. The Morgan fingerprint density at radius 3 is 2.56 bits per heavy atom. The number of piperazine rings is 1. The van der Waals surface area contributed by atoms with Crippen molar-refractivity contribution in [2.24, 2.45) is 0 Å². The lowest BCUT2D eigenvalue weighted by molar-refractivity contribution is 0.152. The molecule has 2 N–H and O–H groups in total. The van der Waals surface area contributed by atoms with Crippen LogP contribution in [0.4, 0.5) is 4.39 Å². The molecule has 4 heteroatoms. The fourth-order valence-electron chi connectivity index (χ4n) is 2.68. The molecule has 1 aromatic rings. The second-order valence-corrected chi connectivity index (χ2v) is 4.81. The second kappa shape index (κ2) is 6.27. The molecule has 1 saturated heterocycles. The molecule has 3 nitrogen and oxygen atoms in total. The zero-order chi connectivity index (χ0) is 13.0. The molecule has 1 heterocycles. The maximum atomic E-state index is 13.9. The second-order valence-electron chi connectivity index (χ2n) is 4.81. The summed E-state index contributed by atoms with van der Waals surface area (Å²) in [5, 5.41) is 6.60. The molecule has 1 aliphatic rings. The summed E-state index contributed by atoms with van der Waals surface area (Å²) in [5.41, 5.74) is 0.756. The van der Waals surface area contributed by atoms with E-state index in [2.05, 4.69) is 22.5 Å². The van der Waals surface area contributed by atoms with Crippen LogP contribution in [-0.2, 0) is 0 Å². The predicted molar refractivity (Wildman–Crippen MR) is 72.1 cm³/mol. The van der Waals surface area contributed by atoms with Crippen molar-refractivity contribution in [1.82, 2.24) is 15.5 Å². The molecule has 0 aromatic heterocycles. The average molecular weight is 251 g/mol. The van der Waals surface area contributed by atoms with Crippen molar-refractivity contribution >= 4 is 0 Å². The van der Waals surface area contributed by atoms with Crippen molar-refractivity contribution in [3.05, 3.63) is 35.6 Å². The first kappa shape index (κ1) is 13.5. The third-order valence-electron chi connectivity index (χ3n) is 3.76. The van der Waals surface area contributed by atoms with Gasteiger partial charge in [0.1, 0.15) is 5.82 Å². The van der Waals surface area contributed by atoms with Crippen molar-refractivity contribution < 1.29 is 4.39 Å². The van der Waals surface area contributed by atoms with Crippen LogP contribution < -0.4 is 10.6 Å². The number of nitrogens with zero attached hydrogens (tertiary/aromatic N) is 1. The maximum absolute atomic E-state index is 13.9. The van der Waals surface area contributed by atoms with Gasteiger partial charge in [-0.1, -0.05) is 18.2 Å². The number of rotatable bonds is 4. The fourth-order valence-corrected chi connectivity index (χ4v) is 2.68. The van der Waals surface area contributed by atoms with Gasteiger partial charge in [-0.3, -0.25) is 4.90 Å². The lowest BCUT2D eigenvalue weighted by Crippen LogP contribution is -2.51. The first-order valence-corrected chi connectivity index (χ1v) is 6.60. The quantitative estimate of drug-likeness (QED) is 0.846. The van der Waals surface area contributed by atoms with Gasteiger partial charge in [-0.25, -0.2) is 4.39 Å². The summed E-state index contributed by atoms with van der Waals surface area (Å²) in [4.78, 5) is 2.41. The molecular formula is C14H22FN3. The van der Waals surface area contributed by atoms with E-state index in [9.17, 15) is 4.39 Å². The Labute approximate surface area is 108 Å². The Bertz CT molecular complexity index is 377. The summed E-state index contributed by atoms with van der Waals surface area (Å²) in [6.07, 6.45) is 0. The van der Waals surface area contributed by atoms with E-state index in [1.165, 1.54) is 6.07 Å². The first-order valence-electron chi connectivity index (χ1n) is 6.60. The minimum Gasteiger partial charge on any atom is -0.314 e. The summed E-state index contributed by atoms with van der Waals surface area (Å²) in [6, 6.07) is 7.35. The van der Waals surface area contributed by atoms with Crippen molar-refractivity contribution in [2.45, 2.75) is 19.0 Å². The number of likely N-dealkylation sites (N-methyl/N-ethyl adjacent to an activating group) is 1. The van der Waals surface area contributed by atoms with Crippen LogP contribution in [0.5, 0.6) is 0 Å². The van der Waals surface area contributed by atoms with E-state index in [4.69, 9.17) is 0 Å². The molecule has 0 aliphatic carbocycles. The molecule has 1 fully saturated rings. The smallest absolute Gasteiger partial charge is 0.128 e. The van der Waals surface area contributed by atoms with Gasteiger partial charge in [-0.05, 0) is 20.0 Å². The van der Waals surface area contributed by atoms with Crippen LogP contribution in [-0.4, -0.2) is 44.2 Å². The number of benzene rings is 1. The van der Waals surface area contributed by atoms with Crippen molar-refractivity contribution in [2.75, 3.05) is 33.2 Å². The summed E-state index contributed by atoms with van der Waals surface area (Å²) in [5.74, 6) is -0.126. The lowest BCUT2D eigenvalue weighted by atomic mass is 9.98. The van der Waals surface area contributed by atoms with Crippen molar-refractivity contribution in [3.8, 4) is 0 Å². The fraction of sp³-hybridized carbons (Fsp3) is 0.571. The molecular weight excluding hydrogens is 229 g/mol. The van der Waals surface area contributed by atoms with Crippen LogP contribution in [0.2, 0.25) is 0 Å². The van der Waals surface area contributed by atoms with Gasteiger partial charge in [0.2, 0.25) is 0 Å². The molecule has 0 radical (unpaired) electrons. The molecule has 1 aromatic carbocycles. The molecule has 0 amide bonds. The average Bonchev–Trinajstić information content (AvgIpc) is 2.42. The Balaban J connectivity index is 2.14. The van der Waals surface area contributed by atoms with Gasteiger partial charge in [0, 0.05) is 37.8 Å². The van der Waals surface area contributed by atoms with E-state index < -0.39 is 0 Å². The number of halogens is 1. The topological polar surface area (TPSA) is 27.3 Å². The van der Waals surface area contributed by atoms with E-state index in [1.54, 1.807) is 6.07 Å². The molecule has 0 bridgehead atoms. The van der Waals surface area contributed by atoms with E-state index >= 15 is 0 Å². The van der Waals surface area contributed by atoms with Crippen LogP contribution in [0.1, 0.15) is 18.5 Å². The molecule has 1 aliphatic heterocycles. The highest BCUT2D eigenvalue weighted by Crippen LogP contribution is 2.23. The van der Waals surface area contributed by atoms with Crippen molar-refractivity contribution in [3.63, 3.8) is 0 Å². The molecule has 18 heavy (non-hydrogen) atoms. The van der Waals surface area contributed by atoms with E-state index in [1.807, 2.05) is 19.2 Å². The Hall–Kier alpha value is -0.970. The van der Waals surface area contributed by atoms with Gasteiger partial charge in [0.25, 0.3) is 0 Å². The third kappa shape index (κ3) is 2.88. The summed E-state index contributed by atoms with van der Waals surface area (Å²) < 4.78 is 13.9. The van der Waals surface area contributed by atoms with Gasteiger partial charge < -0.3 is 10.6 Å². The molecule has 2 atom stereocenters. The molecule has 2 rings (SSSR count). The lowest BCUT2D eigenvalue weighted by Gasteiger charge is -2.37. The van der Waals surface area contributed by atoms with Crippen LogP contribution in [0.15, 0.2) is 24.3 Å². The van der Waals surface area contributed by atoms with E-state index in [-0.39, 0.29) is 17.9 Å². The molecule has 100 valence electrons.